The van der Waals surface area contributed by atoms with Gasteiger partial charge in [0.1, 0.15) is 0 Å². The summed E-state index contributed by atoms with van der Waals surface area (Å²) in [6.07, 6.45) is 13.2. The minimum atomic E-state index is 0.209. The zero-order valence-corrected chi connectivity index (χ0v) is 9.94. The molecule has 1 aromatic heterocycles. The third kappa shape index (κ3) is 3.05. The maximum absolute atomic E-state index is 6.36. The molecule has 0 bridgehead atoms. The fraction of sp³-hybridized carbons (Fsp3) is 0.643. The molecule has 2 rings (SSSR count). The molecule has 0 amide bonds. The lowest BCUT2D eigenvalue weighted by Crippen LogP contribution is -2.22. The van der Waals surface area contributed by atoms with E-state index in [0.29, 0.717) is 5.92 Å². The smallest absolute Gasteiger partial charge is 0.0324 e. The molecule has 2 N–H and O–H groups in total. The highest BCUT2D eigenvalue weighted by Gasteiger charge is 2.19. The summed E-state index contributed by atoms with van der Waals surface area (Å²) in [6, 6.07) is 4.33. The van der Waals surface area contributed by atoms with Gasteiger partial charge in [0.25, 0.3) is 0 Å². The van der Waals surface area contributed by atoms with Crippen LogP contribution in [0.15, 0.2) is 24.5 Å². The van der Waals surface area contributed by atoms with Crippen LogP contribution in [-0.4, -0.2) is 4.98 Å². The molecule has 1 aliphatic rings. The van der Waals surface area contributed by atoms with Crippen molar-refractivity contribution in [3.05, 3.63) is 30.1 Å². The number of aromatic nitrogens is 1. The van der Waals surface area contributed by atoms with Crippen LogP contribution in [0.1, 0.15) is 56.6 Å². The van der Waals surface area contributed by atoms with E-state index in [1.165, 1.54) is 50.5 Å². The first-order chi connectivity index (χ1) is 7.88. The molecule has 1 unspecified atom stereocenters. The van der Waals surface area contributed by atoms with Gasteiger partial charge in [0.2, 0.25) is 0 Å². The van der Waals surface area contributed by atoms with E-state index in [0.717, 1.165) is 0 Å². The van der Waals surface area contributed by atoms with Gasteiger partial charge < -0.3 is 5.73 Å². The minimum Gasteiger partial charge on any atom is -0.324 e. The molecule has 0 radical (unpaired) electrons. The summed E-state index contributed by atoms with van der Waals surface area (Å²) < 4.78 is 0. The molecule has 0 aromatic carbocycles. The van der Waals surface area contributed by atoms with E-state index in [4.69, 9.17) is 5.73 Å². The molecule has 1 atom stereocenters. The van der Waals surface area contributed by atoms with Gasteiger partial charge in [-0.25, -0.2) is 0 Å². The van der Waals surface area contributed by atoms with E-state index in [9.17, 15) is 0 Å². The second-order valence-corrected chi connectivity index (χ2v) is 4.91. The first-order valence-electron chi connectivity index (χ1n) is 6.53. The zero-order chi connectivity index (χ0) is 11.2. The number of nitrogens with two attached hydrogens (primary N) is 1. The summed E-state index contributed by atoms with van der Waals surface area (Å²) in [5.41, 5.74) is 7.61. The highest BCUT2D eigenvalue weighted by Crippen LogP contribution is 2.30. The summed E-state index contributed by atoms with van der Waals surface area (Å²) >= 11 is 0. The predicted molar refractivity (Wildman–Crippen MR) is 67.0 cm³/mol. The van der Waals surface area contributed by atoms with Crippen LogP contribution >= 0.6 is 0 Å². The molecule has 1 fully saturated rings. The number of rotatable bonds is 2. The Bertz CT molecular complexity index is 289. The largest absolute Gasteiger partial charge is 0.324 e. The summed E-state index contributed by atoms with van der Waals surface area (Å²) in [4.78, 5) is 4.05. The topological polar surface area (TPSA) is 38.9 Å². The lowest BCUT2D eigenvalue weighted by atomic mass is 9.83. The van der Waals surface area contributed by atoms with E-state index >= 15 is 0 Å². The maximum Gasteiger partial charge on any atom is 0.0324 e. The Morgan fingerprint density at radius 1 is 1.00 bits per heavy atom. The van der Waals surface area contributed by atoms with Crippen molar-refractivity contribution in [2.45, 2.75) is 51.0 Å². The Morgan fingerprint density at radius 2 is 1.56 bits per heavy atom. The van der Waals surface area contributed by atoms with Gasteiger partial charge >= 0.3 is 0 Å². The number of hydrogen-bond donors (Lipinski definition) is 1. The second-order valence-electron chi connectivity index (χ2n) is 4.91. The molecule has 16 heavy (non-hydrogen) atoms. The molecule has 2 nitrogen and oxygen atoms in total. The lowest BCUT2D eigenvalue weighted by Gasteiger charge is -2.26. The molecule has 0 saturated heterocycles. The van der Waals surface area contributed by atoms with Crippen molar-refractivity contribution >= 4 is 0 Å². The Morgan fingerprint density at radius 3 is 2.19 bits per heavy atom. The normalized spacial score (nSPS) is 21.1. The van der Waals surface area contributed by atoms with Gasteiger partial charge in [0.15, 0.2) is 0 Å². The van der Waals surface area contributed by atoms with Gasteiger partial charge in [0.05, 0.1) is 0 Å². The van der Waals surface area contributed by atoms with Crippen LogP contribution in [0, 0.1) is 5.92 Å². The third-order valence-corrected chi connectivity index (χ3v) is 3.75. The molecule has 1 heterocycles. The Balaban J connectivity index is 1.99. The van der Waals surface area contributed by atoms with Crippen molar-refractivity contribution in [3.8, 4) is 0 Å². The number of pyridine rings is 1. The summed E-state index contributed by atoms with van der Waals surface area (Å²) in [5.74, 6) is 0.669. The van der Waals surface area contributed by atoms with Crippen molar-refractivity contribution in [1.29, 1.82) is 0 Å². The van der Waals surface area contributed by atoms with E-state index in [1.807, 2.05) is 12.4 Å². The highest BCUT2D eigenvalue weighted by atomic mass is 14.7. The first kappa shape index (κ1) is 11.6. The molecule has 1 aliphatic carbocycles. The van der Waals surface area contributed by atoms with Crippen LogP contribution in [0.2, 0.25) is 0 Å². The van der Waals surface area contributed by atoms with Crippen LogP contribution in [0.25, 0.3) is 0 Å². The standard InChI is InChI=1S/C14H22N2/c15-14(13-8-10-16-11-9-13)12-6-4-2-1-3-5-7-12/h8-12,14H,1-7,15H2. The fourth-order valence-corrected chi connectivity index (χ4v) is 2.70. The first-order valence-corrected chi connectivity index (χ1v) is 6.53. The molecule has 0 aliphatic heterocycles. The molecule has 1 saturated carbocycles. The molecule has 0 spiro atoms. The van der Waals surface area contributed by atoms with Crippen molar-refractivity contribution in [3.63, 3.8) is 0 Å². The maximum atomic E-state index is 6.36. The molecular weight excluding hydrogens is 196 g/mol. The molecule has 88 valence electrons. The Labute approximate surface area is 98.3 Å². The second kappa shape index (κ2) is 6.00. The third-order valence-electron chi connectivity index (χ3n) is 3.75. The molecule has 2 heteroatoms. The Hall–Kier alpha value is -0.890. The molecule has 1 aromatic rings. The predicted octanol–water partition coefficient (Wildman–Crippen LogP) is 3.44. The summed E-state index contributed by atoms with van der Waals surface area (Å²) in [5, 5.41) is 0. The average Bonchev–Trinajstić information content (AvgIpc) is 2.29. The van der Waals surface area contributed by atoms with Gasteiger partial charge in [-0.2, -0.15) is 0 Å². The SMILES string of the molecule is NC(c1ccncc1)C1CCCCCCC1. The molecular formula is C14H22N2. The quantitative estimate of drug-likeness (QED) is 0.825. The van der Waals surface area contributed by atoms with Gasteiger partial charge in [-0.05, 0) is 36.5 Å². The lowest BCUT2D eigenvalue weighted by molar-refractivity contribution is 0.327. The van der Waals surface area contributed by atoms with Crippen molar-refractivity contribution in [2.75, 3.05) is 0 Å². The van der Waals surface area contributed by atoms with Gasteiger partial charge in [-0.3, -0.25) is 4.98 Å². The monoisotopic (exact) mass is 218 g/mol. The van der Waals surface area contributed by atoms with Crippen LogP contribution < -0.4 is 5.73 Å². The van der Waals surface area contributed by atoms with E-state index in [1.54, 1.807) is 0 Å². The number of hydrogen-bond acceptors (Lipinski definition) is 2. The van der Waals surface area contributed by atoms with Crippen LogP contribution in [0.3, 0.4) is 0 Å². The van der Waals surface area contributed by atoms with Gasteiger partial charge in [-0.15, -0.1) is 0 Å². The van der Waals surface area contributed by atoms with Crippen LogP contribution in [-0.2, 0) is 0 Å². The number of nitrogens with zero attached hydrogens (tertiary/aromatic N) is 1. The Kier molecular flexibility index (Phi) is 4.34. The summed E-state index contributed by atoms with van der Waals surface area (Å²) in [6.45, 7) is 0. The minimum absolute atomic E-state index is 0.209. The van der Waals surface area contributed by atoms with Crippen LogP contribution in [0.5, 0.6) is 0 Å². The van der Waals surface area contributed by atoms with E-state index < -0.39 is 0 Å². The van der Waals surface area contributed by atoms with E-state index in [-0.39, 0.29) is 6.04 Å². The van der Waals surface area contributed by atoms with Gasteiger partial charge in [0, 0.05) is 18.4 Å². The highest BCUT2D eigenvalue weighted by molar-refractivity contribution is 5.15. The van der Waals surface area contributed by atoms with Crippen LogP contribution in [0.4, 0.5) is 0 Å². The zero-order valence-electron chi connectivity index (χ0n) is 9.94. The van der Waals surface area contributed by atoms with Gasteiger partial charge in [-0.1, -0.05) is 32.1 Å². The van der Waals surface area contributed by atoms with Crippen molar-refractivity contribution in [2.24, 2.45) is 11.7 Å². The summed E-state index contributed by atoms with van der Waals surface area (Å²) in [7, 11) is 0. The average molecular weight is 218 g/mol. The van der Waals surface area contributed by atoms with Crippen molar-refractivity contribution in [1.82, 2.24) is 4.98 Å². The van der Waals surface area contributed by atoms with E-state index in [2.05, 4.69) is 17.1 Å². The van der Waals surface area contributed by atoms with Crippen molar-refractivity contribution < 1.29 is 0 Å². The fourth-order valence-electron chi connectivity index (χ4n) is 2.70.